The summed E-state index contributed by atoms with van der Waals surface area (Å²) in [4.78, 5) is 16.7. The van der Waals surface area contributed by atoms with Crippen molar-refractivity contribution in [1.29, 1.82) is 0 Å². The van der Waals surface area contributed by atoms with Crippen molar-refractivity contribution < 1.29 is 14.3 Å². The Morgan fingerprint density at radius 3 is 2.60 bits per heavy atom. The number of carbonyl (C=O) groups is 1. The fourth-order valence-electron chi connectivity index (χ4n) is 5.06. The number of ether oxygens (including phenoxy) is 2. The van der Waals surface area contributed by atoms with Gasteiger partial charge >= 0.3 is 0 Å². The van der Waals surface area contributed by atoms with Crippen LogP contribution in [0.15, 0.2) is 90.3 Å². The number of halogens is 1. The van der Waals surface area contributed by atoms with E-state index in [9.17, 15) is 4.79 Å². The van der Waals surface area contributed by atoms with Gasteiger partial charge in [-0.25, -0.2) is 5.01 Å². The minimum absolute atomic E-state index is 0.101. The lowest BCUT2D eigenvalue weighted by Crippen LogP contribution is -2.24. The smallest absolute Gasteiger partial charge is 0.240 e. The fraction of sp³-hybridized carbons (Fsp3) is 0.219. The maximum absolute atomic E-state index is 12.3. The zero-order valence-electron chi connectivity index (χ0n) is 23.8. The number of rotatable bonds is 10. The number of nitrogens with zero attached hydrogens (tertiary/aromatic N) is 6. The highest BCUT2D eigenvalue weighted by atomic mass is 35.5. The van der Waals surface area contributed by atoms with Crippen molar-refractivity contribution in [3.8, 4) is 11.5 Å². The number of hydrogen-bond acceptors (Lipinski definition) is 8. The van der Waals surface area contributed by atoms with Crippen molar-refractivity contribution in [2.24, 2.45) is 5.10 Å². The molecule has 218 valence electrons. The molecule has 0 saturated heterocycles. The van der Waals surface area contributed by atoms with Gasteiger partial charge in [0.2, 0.25) is 5.91 Å². The van der Waals surface area contributed by atoms with Crippen LogP contribution < -0.4 is 14.8 Å². The molecule has 0 radical (unpaired) electrons. The number of fused-ring (bicyclic) bond motifs is 1. The average molecular weight is 596 g/mol. The summed E-state index contributed by atoms with van der Waals surface area (Å²) in [6.45, 7) is 3.13. The van der Waals surface area contributed by atoms with E-state index in [0.29, 0.717) is 36.9 Å². The molecule has 1 unspecified atom stereocenters. The largest absolute Gasteiger partial charge is 0.497 e. The van der Waals surface area contributed by atoms with Crippen molar-refractivity contribution in [2.75, 3.05) is 19.0 Å². The molecule has 1 atom stereocenters. The molecule has 0 aliphatic carbocycles. The first-order valence-electron chi connectivity index (χ1n) is 13.9. The highest BCUT2D eigenvalue weighted by molar-refractivity contribution is 6.31. The second-order valence-electron chi connectivity index (χ2n) is 10.1. The van der Waals surface area contributed by atoms with Gasteiger partial charge in [-0.15, -0.1) is 5.10 Å². The van der Waals surface area contributed by atoms with Gasteiger partial charge in [-0.1, -0.05) is 28.9 Å². The van der Waals surface area contributed by atoms with Gasteiger partial charge in [0.05, 0.1) is 37.1 Å². The summed E-state index contributed by atoms with van der Waals surface area (Å²) in [6, 6.07) is 22.9. The summed E-state index contributed by atoms with van der Waals surface area (Å²) in [5, 5.41) is 19.8. The number of hydrazone groups is 1. The molecular formula is C32H30ClN7O3. The van der Waals surface area contributed by atoms with Crippen LogP contribution in [0.1, 0.15) is 36.2 Å². The zero-order valence-corrected chi connectivity index (χ0v) is 24.5. The van der Waals surface area contributed by atoms with E-state index in [1.807, 2.05) is 79.0 Å². The molecule has 0 bridgehead atoms. The number of aromatic nitrogens is 4. The van der Waals surface area contributed by atoms with Crippen LogP contribution in [0.4, 0.5) is 5.69 Å². The first kappa shape index (κ1) is 28.2. The lowest BCUT2D eigenvalue weighted by molar-refractivity contribution is -0.130. The van der Waals surface area contributed by atoms with Gasteiger partial charge in [-0.05, 0) is 71.8 Å². The van der Waals surface area contributed by atoms with Gasteiger partial charge in [0.1, 0.15) is 23.8 Å². The second-order valence-corrected chi connectivity index (χ2v) is 10.6. The lowest BCUT2D eigenvalue weighted by atomic mass is 9.98. The molecule has 5 aromatic rings. The maximum atomic E-state index is 12.3. The van der Waals surface area contributed by atoms with Gasteiger partial charge in [-0.2, -0.15) is 5.10 Å². The number of methoxy groups -OCH3 is 1. The number of pyridine rings is 1. The van der Waals surface area contributed by atoms with E-state index in [4.69, 9.17) is 21.1 Å². The third-order valence-corrected chi connectivity index (χ3v) is 7.49. The second kappa shape index (κ2) is 12.5. The van der Waals surface area contributed by atoms with Crippen molar-refractivity contribution in [2.45, 2.75) is 32.5 Å². The van der Waals surface area contributed by atoms with Crippen molar-refractivity contribution in [3.63, 3.8) is 0 Å². The standard InChI is InChI=1S/C32H30ClN7O3/c1-21(41)40-32(23-5-8-26(42-2)9-6-23)18-30(37-40)22-3-10-27(11-4-22)43-20-25-19-39(38-36-25)16-15-35-29-13-14-34-31-17-24(33)7-12-28(29)31/h3-14,17,19,32H,15-16,18,20H2,1-2H3,(H,34,35). The Bertz CT molecular complexity index is 1770. The Balaban J connectivity index is 1.02. The van der Waals surface area contributed by atoms with E-state index in [1.165, 1.54) is 6.92 Å². The van der Waals surface area contributed by atoms with E-state index in [0.717, 1.165) is 44.9 Å². The Labute approximate surface area is 253 Å². The van der Waals surface area contributed by atoms with Crippen molar-refractivity contribution in [1.82, 2.24) is 25.0 Å². The molecule has 1 N–H and O–H groups in total. The molecule has 6 rings (SSSR count). The van der Waals surface area contributed by atoms with E-state index >= 15 is 0 Å². The first-order chi connectivity index (χ1) is 21.0. The predicted molar refractivity (Wildman–Crippen MR) is 165 cm³/mol. The summed E-state index contributed by atoms with van der Waals surface area (Å²) in [5.41, 5.74) is 5.36. The number of amides is 1. The molecule has 1 aliphatic heterocycles. The molecule has 11 heteroatoms. The third-order valence-electron chi connectivity index (χ3n) is 7.26. The summed E-state index contributed by atoms with van der Waals surface area (Å²) >= 11 is 6.09. The molecule has 3 heterocycles. The van der Waals surface area contributed by atoms with Crippen LogP contribution in [0.25, 0.3) is 10.9 Å². The zero-order chi connectivity index (χ0) is 29.8. The topological polar surface area (TPSA) is 107 Å². The Morgan fingerprint density at radius 2 is 1.84 bits per heavy atom. The summed E-state index contributed by atoms with van der Waals surface area (Å²) in [7, 11) is 1.63. The minimum Gasteiger partial charge on any atom is -0.497 e. The van der Waals surface area contributed by atoms with Gasteiger partial charge < -0.3 is 14.8 Å². The van der Waals surface area contributed by atoms with E-state index < -0.39 is 0 Å². The molecule has 0 fully saturated rings. The first-order valence-corrected chi connectivity index (χ1v) is 14.3. The van der Waals surface area contributed by atoms with Crippen molar-refractivity contribution in [3.05, 3.63) is 107 Å². The number of carbonyl (C=O) groups excluding carboxylic acids is 1. The van der Waals surface area contributed by atoms with Crippen LogP contribution in [0.3, 0.4) is 0 Å². The third kappa shape index (κ3) is 6.44. The number of anilines is 1. The lowest BCUT2D eigenvalue weighted by Gasteiger charge is -2.20. The van der Waals surface area contributed by atoms with Crippen LogP contribution in [-0.2, 0) is 17.9 Å². The summed E-state index contributed by atoms with van der Waals surface area (Å²) in [6.07, 6.45) is 4.26. The fourth-order valence-corrected chi connectivity index (χ4v) is 5.22. The summed E-state index contributed by atoms with van der Waals surface area (Å²) in [5.74, 6) is 1.38. The molecule has 10 nitrogen and oxygen atoms in total. The number of hydrogen-bond donors (Lipinski definition) is 1. The van der Waals surface area contributed by atoms with Crippen LogP contribution in [0.5, 0.6) is 11.5 Å². The van der Waals surface area contributed by atoms with Crippen LogP contribution in [0, 0.1) is 0 Å². The Kier molecular flexibility index (Phi) is 8.19. The molecule has 1 aliphatic rings. The number of nitrogens with one attached hydrogen (secondary N) is 1. The average Bonchev–Trinajstić information content (AvgIpc) is 3.68. The summed E-state index contributed by atoms with van der Waals surface area (Å²) < 4.78 is 13.0. The maximum Gasteiger partial charge on any atom is 0.240 e. The highest BCUT2D eigenvalue weighted by Gasteiger charge is 2.31. The Hall–Kier alpha value is -4.96. The highest BCUT2D eigenvalue weighted by Crippen LogP contribution is 2.34. The monoisotopic (exact) mass is 595 g/mol. The van der Waals surface area contributed by atoms with Crippen LogP contribution >= 0.6 is 11.6 Å². The molecular weight excluding hydrogens is 566 g/mol. The van der Waals surface area contributed by atoms with E-state index in [-0.39, 0.29) is 11.9 Å². The van der Waals surface area contributed by atoms with Gasteiger partial charge in [0, 0.05) is 42.2 Å². The van der Waals surface area contributed by atoms with Gasteiger partial charge in [-0.3, -0.25) is 14.5 Å². The molecule has 3 aromatic carbocycles. The van der Waals surface area contributed by atoms with Gasteiger partial charge in [0.15, 0.2) is 0 Å². The van der Waals surface area contributed by atoms with Crippen molar-refractivity contribution >= 4 is 39.8 Å². The Morgan fingerprint density at radius 1 is 1.05 bits per heavy atom. The quantitative estimate of drug-likeness (QED) is 0.215. The molecule has 43 heavy (non-hydrogen) atoms. The normalized spacial score (nSPS) is 14.5. The van der Waals surface area contributed by atoms with E-state index in [1.54, 1.807) is 23.0 Å². The molecule has 2 aromatic heterocycles. The van der Waals surface area contributed by atoms with E-state index in [2.05, 4.69) is 25.7 Å². The van der Waals surface area contributed by atoms with Gasteiger partial charge in [0.25, 0.3) is 0 Å². The SMILES string of the molecule is COc1ccc(C2CC(c3ccc(OCc4cn(CCNc5ccnc6cc(Cl)ccc56)nn4)cc3)=NN2C(C)=O)cc1. The number of benzene rings is 3. The van der Waals surface area contributed by atoms with Crippen LogP contribution in [0.2, 0.25) is 5.02 Å². The molecule has 0 saturated carbocycles. The predicted octanol–water partition coefficient (Wildman–Crippen LogP) is 5.88. The molecule has 0 spiro atoms. The van der Waals surface area contributed by atoms with Crippen LogP contribution in [-0.4, -0.2) is 50.3 Å². The minimum atomic E-state index is -0.157. The molecule has 1 amide bonds.